The second-order valence-electron chi connectivity index (χ2n) is 6.35. The van der Waals surface area contributed by atoms with E-state index in [2.05, 4.69) is 14.8 Å². The van der Waals surface area contributed by atoms with E-state index in [9.17, 15) is 9.59 Å². The van der Waals surface area contributed by atoms with Gasteiger partial charge in [-0.3, -0.25) is 14.5 Å². The molecule has 2 amide bonds. The van der Waals surface area contributed by atoms with Gasteiger partial charge < -0.3 is 14.7 Å². The van der Waals surface area contributed by atoms with Crippen LogP contribution in [0.4, 0.5) is 5.13 Å². The lowest BCUT2D eigenvalue weighted by molar-refractivity contribution is -0.142. The number of rotatable bonds is 3. The normalized spacial score (nSPS) is 21.0. The maximum atomic E-state index is 12.7. The molecule has 0 spiro atoms. The lowest BCUT2D eigenvalue weighted by atomic mass is 10.2. The monoisotopic (exact) mass is 351 g/mol. The predicted octanol–water partition coefficient (Wildman–Crippen LogP) is 0.344. The van der Waals surface area contributed by atoms with E-state index in [4.69, 9.17) is 0 Å². The molecule has 1 atom stereocenters. The van der Waals surface area contributed by atoms with Gasteiger partial charge in [0, 0.05) is 70.9 Å². The Bertz CT molecular complexity index is 563. The van der Waals surface area contributed by atoms with Crippen molar-refractivity contribution in [1.82, 2.24) is 19.7 Å². The zero-order chi connectivity index (χ0) is 17.1. The maximum absolute atomic E-state index is 12.7. The van der Waals surface area contributed by atoms with Crippen molar-refractivity contribution in [3.05, 3.63) is 11.6 Å². The van der Waals surface area contributed by atoms with Gasteiger partial charge in [0.15, 0.2) is 5.13 Å². The number of nitrogens with zero attached hydrogens (tertiary/aromatic N) is 5. The minimum atomic E-state index is -0.104. The SMILES string of the molecule is CC(=O)N1CCN(C(=O)C(C)N2CCN(c3nccs3)CC2)CC1. The van der Waals surface area contributed by atoms with Gasteiger partial charge in [0.1, 0.15) is 0 Å². The molecule has 0 saturated carbocycles. The first-order valence-electron chi connectivity index (χ1n) is 8.49. The van der Waals surface area contributed by atoms with Gasteiger partial charge in [-0.2, -0.15) is 0 Å². The Hall–Kier alpha value is -1.67. The molecular formula is C16H25N5O2S. The van der Waals surface area contributed by atoms with Crippen molar-refractivity contribution in [2.45, 2.75) is 19.9 Å². The summed E-state index contributed by atoms with van der Waals surface area (Å²) in [5, 5.41) is 3.06. The first kappa shape index (κ1) is 17.2. The number of aromatic nitrogens is 1. The van der Waals surface area contributed by atoms with Crippen molar-refractivity contribution in [3.8, 4) is 0 Å². The molecule has 0 radical (unpaired) electrons. The van der Waals surface area contributed by atoms with Gasteiger partial charge in [0.2, 0.25) is 11.8 Å². The van der Waals surface area contributed by atoms with Crippen LogP contribution in [0.15, 0.2) is 11.6 Å². The van der Waals surface area contributed by atoms with Gasteiger partial charge in [-0.05, 0) is 6.92 Å². The Morgan fingerprint density at radius 1 is 1.04 bits per heavy atom. The molecule has 0 aromatic carbocycles. The molecule has 1 aromatic rings. The number of amides is 2. The fourth-order valence-corrected chi connectivity index (χ4v) is 4.03. The van der Waals surface area contributed by atoms with Crippen LogP contribution in [0.1, 0.15) is 13.8 Å². The molecule has 1 unspecified atom stereocenters. The number of anilines is 1. The molecule has 0 aliphatic carbocycles. The Labute approximate surface area is 146 Å². The van der Waals surface area contributed by atoms with Crippen LogP contribution >= 0.6 is 11.3 Å². The van der Waals surface area contributed by atoms with E-state index < -0.39 is 0 Å². The highest BCUT2D eigenvalue weighted by Gasteiger charge is 2.31. The Balaban J connectivity index is 1.49. The first-order valence-corrected chi connectivity index (χ1v) is 9.37. The Morgan fingerprint density at radius 3 is 2.21 bits per heavy atom. The average Bonchev–Trinajstić information content (AvgIpc) is 3.15. The quantitative estimate of drug-likeness (QED) is 0.786. The Morgan fingerprint density at radius 2 is 1.67 bits per heavy atom. The molecule has 2 aliphatic rings. The fraction of sp³-hybridized carbons (Fsp3) is 0.688. The van der Waals surface area contributed by atoms with Crippen molar-refractivity contribution in [2.75, 3.05) is 57.3 Å². The Kier molecular flexibility index (Phi) is 5.35. The van der Waals surface area contributed by atoms with E-state index in [-0.39, 0.29) is 17.9 Å². The van der Waals surface area contributed by atoms with Crippen LogP contribution in [0, 0.1) is 0 Å². The molecule has 8 heteroatoms. The van der Waals surface area contributed by atoms with Crippen molar-refractivity contribution in [2.24, 2.45) is 0 Å². The molecule has 132 valence electrons. The van der Waals surface area contributed by atoms with Gasteiger partial charge in [-0.15, -0.1) is 11.3 Å². The van der Waals surface area contributed by atoms with E-state index in [1.807, 2.05) is 23.4 Å². The number of thiazole rings is 1. The molecule has 0 N–H and O–H groups in total. The largest absolute Gasteiger partial charge is 0.346 e. The van der Waals surface area contributed by atoms with Crippen molar-refractivity contribution >= 4 is 28.3 Å². The first-order chi connectivity index (χ1) is 11.6. The summed E-state index contributed by atoms with van der Waals surface area (Å²) >= 11 is 1.66. The minimum absolute atomic E-state index is 0.0912. The van der Waals surface area contributed by atoms with Gasteiger partial charge in [0.05, 0.1) is 6.04 Å². The summed E-state index contributed by atoms with van der Waals surface area (Å²) in [5.41, 5.74) is 0. The molecule has 3 heterocycles. The smallest absolute Gasteiger partial charge is 0.239 e. The van der Waals surface area contributed by atoms with Crippen LogP contribution in [0.25, 0.3) is 0 Å². The number of hydrogen-bond acceptors (Lipinski definition) is 6. The second kappa shape index (κ2) is 7.48. The lowest BCUT2D eigenvalue weighted by Gasteiger charge is -2.40. The van der Waals surface area contributed by atoms with E-state index in [0.29, 0.717) is 26.2 Å². The summed E-state index contributed by atoms with van der Waals surface area (Å²) in [6.45, 7) is 9.72. The highest BCUT2D eigenvalue weighted by atomic mass is 32.1. The molecule has 2 saturated heterocycles. The molecule has 2 aliphatic heterocycles. The zero-order valence-corrected chi connectivity index (χ0v) is 15.2. The molecule has 3 rings (SSSR count). The molecular weight excluding hydrogens is 326 g/mol. The van der Waals surface area contributed by atoms with Crippen LogP contribution in [0.2, 0.25) is 0 Å². The summed E-state index contributed by atoms with van der Waals surface area (Å²) < 4.78 is 0. The maximum Gasteiger partial charge on any atom is 0.239 e. The number of piperazine rings is 2. The van der Waals surface area contributed by atoms with Crippen LogP contribution in [0.5, 0.6) is 0 Å². The molecule has 7 nitrogen and oxygen atoms in total. The minimum Gasteiger partial charge on any atom is -0.346 e. The molecule has 24 heavy (non-hydrogen) atoms. The van der Waals surface area contributed by atoms with Crippen LogP contribution < -0.4 is 4.90 Å². The van der Waals surface area contributed by atoms with Crippen molar-refractivity contribution in [3.63, 3.8) is 0 Å². The highest BCUT2D eigenvalue weighted by Crippen LogP contribution is 2.20. The molecule has 0 bridgehead atoms. The lowest BCUT2D eigenvalue weighted by Crippen LogP contribution is -2.57. The summed E-state index contributed by atoms with van der Waals surface area (Å²) in [6, 6.07) is -0.104. The van der Waals surface area contributed by atoms with E-state index in [1.54, 1.807) is 23.2 Å². The van der Waals surface area contributed by atoms with E-state index in [0.717, 1.165) is 31.3 Å². The fourth-order valence-electron chi connectivity index (χ4n) is 3.33. The van der Waals surface area contributed by atoms with Crippen molar-refractivity contribution < 1.29 is 9.59 Å². The predicted molar refractivity (Wildman–Crippen MR) is 94.2 cm³/mol. The van der Waals surface area contributed by atoms with Gasteiger partial charge in [0.25, 0.3) is 0 Å². The van der Waals surface area contributed by atoms with Gasteiger partial charge in [-0.25, -0.2) is 4.98 Å². The molecule has 2 fully saturated rings. The summed E-state index contributed by atoms with van der Waals surface area (Å²) in [7, 11) is 0. The topological polar surface area (TPSA) is 60.0 Å². The number of carbonyl (C=O) groups is 2. The third kappa shape index (κ3) is 3.70. The van der Waals surface area contributed by atoms with Crippen LogP contribution in [-0.2, 0) is 9.59 Å². The van der Waals surface area contributed by atoms with Gasteiger partial charge in [-0.1, -0.05) is 0 Å². The third-order valence-electron chi connectivity index (χ3n) is 4.95. The molecule has 1 aromatic heterocycles. The van der Waals surface area contributed by atoms with Crippen LogP contribution in [-0.4, -0.2) is 89.9 Å². The van der Waals surface area contributed by atoms with E-state index in [1.165, 1.54) is 0 Å². The summed E-state index contributed by atoms with van der Waals surface area (Å²) in [5.74, 6) is 0.273. The zero-order valence-electron chi connectivity index (χ0n) is 14.3. The van der Waals surface area contributed by atoms with Crippen LogP contribution in [0.3, 0.4) is 0 Å². The third-order valence-corrected chi connectivity index (χ3v) is 5.78. The summed E-state index contributed by atoms with van der Waals surface area (Å²) in [6.07, 6.45) is 1.83. The number of hydrogen-bond donors (Lipinski definition) is 0. The van der Waals surface area contributed by atoms with Gasteiger partial charge >= 0.3 is 0 Å². The summed E-state index contributed by atoms with van der Waals surface area (Å²) in [4.78, 5) is 36.7. The average molecular weight is 351 g/mol. The highest BCUT2D eigenvalue weighted by molar-refractivity contribution is 7.13. The van der Waals surface area contributed by atoms with E-state index >= 15 is 0 Å². The van der Waals surface area contributed by atoms with Crippen molar-refractivity contribution in [1.29, 1.82) is 0 Å². The second-order valence-corrected chi connectivity index (χ2v) is 7.22. The standard InChI is InChI=1S/C16H25N5O2S/c1-13(15(23)20-8-6-19(7-9-20)14(2)22)18-4-10-21(11-5-18)16-17-3-12-24-16/h3,12-13H,4-11H2,1-2H3. The number of carbonyl (C=O) groups excluding carboxylic acids is 2.